The van der Waals surface area contributed by atoms with Gasteiger partial charge >= 0.3 is 5.97 Å². The first-order valence-electron chi connectivity index (χ1n) is 5.32. The molecule has 0 bridgehead atoms. The summed E-state index contributed by atoms with van der Waals surface area (Å²) in [6.07, 6.45) is 1.97. The van der Waals surface area contributed by atoms with E-state index in [1.165, 1.54) is 6.92 Å². The van der Waals surface area contributed by atoms with Crippen LogP contribution in [0.3, 0.4) is 0 Å². The molecule has 0 aromatic carbocycles. The van der Waals surface area contributed by atoms with Crippen molar-refractivity contribution in [3.8, 4) is 0 Å². The third kappa shape index (κ3) is 12.6. The average molecular weight is 226 g/mol. The predicted molar refractivity (Wildman–Crippen MR) is 66.2 cm³/mol. The van der Waals surface area contributed by atoms with Gasteiger partial charge < -0.3 is 4.74 Å². The lowest BCUT2D eigenvalue weighted by Crippen LogP contribution is -2.05. The summed E-state index contributed by atoms with van der Waals surface area (Å²) < 4.78 is 4.81. The van der Waals surface area contributed by atoms with E-state index in [9.17, 15) is 9.59 Å². The Morgan fingerprint density at radius 2 is 1.50 bits per heavy atom. The number of Topliss-reactive ketones (excluding diaryl/α,β-unsaturated/α-hetero) is 1. The zero-order chi connectivity index (χ0) is 13.1. The van der Waals surface area contributed by atoms with Gasteiger partial charge in [0.05, 0.1) is 6.61 Å². The number of hydrogen-bond acceptors (Lipinski definition) is 3. The second-order valence-electron chi connectivity index (χ2n) is 3.61. The van der Waals surface area contributed by atoms with Crippen LogP contribution in [-0.2, 0) is 14.3 Å². The van der Waals surface area contributed by atoms with Crippen LogP contribution in [0.2, 0.25) is 0 Å². The molecule has 92 valence electrons. The Balaban J connectivity index is 0. The monoisotopic (exact) mass is 226 g/mol. The highest BCUT2D eigenvalue weighted by molar-refractivity contribution is 5.91. The Bertz CT molecular complexity index is 252. The van der Waals surface area contributed by atoms with Crippen LogP contribution in [0.15, 0.2) is 24.3 Å². The van der Waals surface area contributed by atoms with Crippen molar-refractivity contribution in [2.24, 2.45) is 0 Å². The van der Waals surface area contributed by atoms with Gasteiger partial charge in [-0.3, -0.25) is 4.79 Å². The first-order valence-corrected chi connectivity index (χ1v) is 5.32. The van der Waals surface area contributed by atoms with Crippen LogP contribution >= 0.6 is 0 Å². The normalized spacial score (nSPS) is 8.50. The van der Waals surface area contributed by atoms with Crippen LogP contribution in [-0.4, -0.2) is 18.4 Å². The third-order valence-electron chi connectivity index (χ3n) is 1.68. The Morgan fingerprint density at radius 3 is 1.75 bits per heavy atom. The molecule has 0 saturated carbocycles. The van der Waals surface area contributed by atoms with Crippen molar-refractivity contribution in [2.75, 3.05) is 6.61 Å². The number of carbonyl (C=O) groups is 2. The molecule has 0 heterocycles. The van der Waals surface area contributed by atoms with Crippen molar-refractivity contribution in [2.45, 2.75) is 40.5 Å². The number of hydrogen-bond donors (Lipinski definition) is 0. The maximum atomic E-state index is 10.7. The summed E-state index contributed by atoms with van der Waals surface area (Å²) in [5, 5.41) is 0. The summed E-state index contributed by atoms with van der Waals surface area (Å²) in [6, 6.07) is 0. The Hall–Kier alpha value is -1.38. The highest BCUT2D eigenvalue weighted by Crippen LogP contribution is 1.94. The fourth-order valence-corrected chi connectivity index (χ4v) is 0.432. The van der Waals surface area contributed by atoms with Gasteiger partial charge in [-0.2, -0.15) is 0 Å². The Labute approximate surface area is 98.2 Å². The van der Waals surface area contributed by atoms with E-state index in [0.29, 0.717) is 17.8 Å². The second kappa shape index (κ2) is 10.1. The van der Waals surface area contributed by atoms with E-state index in [4.69, 9.17) is 4.74 Å². The van der Waals surface area contributed by atoms with Crippen molar-refractivity contribution in [3.05, 3.63) is 24.3 Å². The Morgan fingerprint density at radius 1 is 1.06 bits per heavy atom. The molecule has 0 rings (SSSR count). The van der Waals surface area contributed by atoms with Crippen LogP contribution < -0.4 is 0 Å². The van der Waals surface area contributed by atoms with Gasteiger partial charge in [-0.1, -0.05) is 26.5 Å². The van der Waals surface area contributed by atoms with Crippen molar-refractivity contribution in [1.82, 2.24) is 0 Å². The van der Waals surface area contributed by atoms with Crippen molar-refractivity contribution in [3.63, 3.8) is 0 Å². The largest absolute Gasteiger partial charge is 0.462 e. The summed E-state index contributed by atoms with van der Waals surface area (Å²) >= 11 is 0. The molecule has 0 spiro atoms. The molecule has 16 heavy (non-hydrogen) atoms. The van der Waals surface area contributed by atoms with Crippen LogP contribution in [0.25, 0.3) is 0 Å². The standard InChI is InChI=1S/C8H14O2.C5H8O/c1-4-5-6-10-8(9)7(2)3;1-4(2)5(3)6/h2,4-6H2,1,3H3;1H2,2-3H3. The van der Waals surface area contributed by atoms with Gasteiger partial charge in [0.2, 0.25) is 0 Å². The molecule has 0 unspecified atom stereocenters. The van der Waals surface area contributed by atoms with E-state index in [-0.39, 0.29) is 11.8 Å². The van der Waals surface area contributed by atoms with E-state index in [0.717, 1.165) is 12.8 Å². The summed E-state index contributed by atoms with van der Waals surface area (Å²) in [7, 11) is 0. The summed E-state index contributed by atoms with van der Waals surface area (Å²) in [6.45, 7) is 14.3. The Kier molecular flexibility index (Phi) is 10.8. The summed E-state index contributed by atoms with van der Waals surface area (Å²) in [5.41, 5.74) is 1.09. The molecule has 0 atom stereocenters. The van der Waals surface area contributed by atoms with Crippen LogP contribution in [0, 0.1) is 0 Å². The SMILES string of the molecule is C=C(C)C(=O)OCCCC.C=C(C)C(C)=O. The highest BCUT2D eigenvalue weighted by atomic mass is 16.5. The second-order valence-corrected chi connectivity index (χ2v) is 3.61. The first kappa shape index (κ1) is 17.0. The lowest BCUT2D eigenvalue weighted by Gasteiger charge is -2.01. The van der Waals surface area contributed by atoms with Gasteiger partial charge in [-0.05, 0) is 32.8 Å². The third-order valence-corrected chi connectivity index (χ3v) is 1.68. The molecule has 0 saturated heterocycles. The number of rotatable bonds is 5. The lowest BCUT2D eigenvalue weighted by molar-refractivity contribution is -0.139. The molecular formula is C13H22O3. The van der Waals surface area contributed by atoms with E-state index < -0.39 is 0 Å². The number of allylic oxidation sites excluding steroid dienone is 1. The molecule has 0 radical (unpaired) electrons. The molecule has 0 aliphatic rings. The van der Waals surface area contributed by atoms with Gasteiger partial charge in [0.1, 0.15) is 0 Å². The fourth-order valence-electron chi connectivity index (χ4n) is 0.432. The molecular weight excluding hydrogens is 204 g/mol. The number of carbonyl (C=O) groups excluding carboxylic acids is 2. The average Bonchev–Trinajstić information content (AvgIpc) is 2.18. The van der Waals surface area contributed by atoms with E-state index in [2.05, 4.69) is 20.1 Å². The fraction of sp³-hybridized carbons (Fsp3) is 0.538. The molecule has 0 aromatic heterocycles. The van der Waals surface area contributed by atoms with Gasteiger partial charge in [-0.25, -0.2) is 4.79 Å². The maximum absolute atomic E-state index is 10.7. The minimum absolute atomic E-state index is 0.0648. The molecule has 0 aliphatic carbocycles. The minimum Gasteiger partial charge on any atom is -0.462 e. The maximum Gasteiger partial charge on any atom is 0.333 e. The molecule has 0 fully saturated rings. The van der Waals surface area contributed by atoms with Gasteiger partial charge in [-0.15, -0.1) is 0 Å². The van der Waals surface area contributed by atoms with Crippen LogP contribution in [0.1, 0.15) is 40.5 Å². The first-order chi connectivity index (χ1) is 7.32. The molecule has 0 N–H and O–H groups in total. The van der Waals surface area contributed by atoms with Gasteiger partial charge in [0, 0.05) is 5.57 Å². The molecule has 0 aliphatic heterocycles. The number of unbranched alkanes of at least 4 members (excludes halogenated alkanes) is 1. The topological polar surface area (TPSA) is 43.4 Å². The number of ether oxygens (including phenoxy) is 1. The number of esters is 1. The predicted octanol–water partition coefficient (Wildman–Crippen LogP) is 3.06. The molecule has 0 aromatic rings. The van der Waals surface area contributed by atoms with Crippen molar-refractivity contribution < 1.29 is 14.3 Å². The van der Waals surface area contributed by atoms with Crippen molar-refractivity contribution in [1.29, 1.82) is 0 Å². The zero-order valence-corrected chi connectivity index (χ0v) is 10.8. The zero-order valence-electron chi connectivity index (χ0n) is 10.8. The summed E-state index contributed by atoms with van der Waals surface area (Å²) in [4.78, 5) is 20.7. The molecule has 3 heteroatoms. The minimum atomic E-state index is -0.284. The summed E-state index contributed by atoms with van der Waals surface area (Å²) in [5.74, 6) is -0.219. The van der Waals surface area contributed by atoms with E-state index in [1.807, 2.05) is 0 Å². The lowest BCUT2D eigenvalue weighted by atomic mass is 10.3. The molecule has 3 nitrogen and oxygen atoms in total. The van der Waals surface area contributed by atoms with E-state index >= 15 is 0 Å². The van der Waals surface area contributed by atoms with Gasteiger partial charge in [0.25, 0.3) is 0 Å². The van der Waals surface area contributed by atoms with Crippen LogP contribution in [0.5, 0.6) is 0 Å². The van der Waals surface area contributed by atoms with Crippen molar-refractivity contribution >= 4 is 11.8 Å². The molecule has 0 amide bonds. The van der Waals surface area contributed by atoms with Gasteiger partial charge in [0.15, 0.2) is 5.78 Å². The van der Waals surface area contributed by atoms with Crippen LogP contribution in [0.4, 0.5) is 0 Å². The smallest absolute Gasteiger partial charge is 0.333 e. The highest BCUT2D eigenvalue weighted by Gasteiger charge is 2.00. The van der Waals surface area contributed by atoms with E-state index in [1.54, 1.807) is 13.8 Å². The quantitative estimate of drug-likeness (QED) is 0.411. The number of ketones is 1.